The topological polar surface area (TPSA) is 70.0 Å². The zero-order chi connectivity index (χ0) is 9.56. The zero-order valence-corrected chi connectivity index (χ0v) is 7.36. The van der Waals surface area contributed by atoms with Crippen LogP contribution in [0.15, 0.2) is 0 Å². The highest BCUT2D eigenvalue weighted by molar-refractivity contribution is 5.70. The summed E-state index contributed by atoms with van der Waals surface area (Å²) < 4.78 is 0. The van der Waals surface area contributed by atoms with Gasteiger partial charge in [-0.05, 0) is 13.5 Å². The van der Waals surface area contributed by atoms with Gasteiger partial charge < -0.3 is 5.11 Å². The molecule has 12 heavy (non-hydrogen) atoms. The molecule has 0 fully saturated rings. The fourth-order valence-corrected chi connectivity index (χ4v) is 0.803. The predicted molar refractivity (Wildman–Crippen MR) is 42.5 cm³/mol. The molecule has 0 amide bonds. The summed E-state index contributed by atoms with van der Waals surface area (Å²) in [6, 6.07) is 0. The highest BCUT2D eigenvalue weighted by Gasteiger charge is 2.10. The summed E-state index contributed by atoms with van der Waals surface area (Å²) in [5.41, 5.74) is 0. The third-order valence-corrected chi connectivity index (χ3v) is 1.49. The van der Waals surface area contributed by atoms with Crippen LogP contribution in [0, 0.1) is 0 Å². The molecular weight excluding hydrogens is 162 g/mol. The van der Waals surface area contributed by atoms with Crippen LogP contribution in [-0.4, -0.2) is 47.5 Å². The Bertz CT molecular complexity index is 139. The Morgan fingerprint density at radius 1 is 1.67 bits per heavy atom. The molecule has 0 heterocycles. The first kappa shape index (κ1) is 11.4. The van der Waals surface area contributed by atoms with Gasteiger partial charge in [0, 0.05) is 6.54 Å². The van der Waals surface area contributed by atoms with Gasteiger partial charge in [-0.3, -0.25) is 9.79 Å². The van der Waals surface area contributed by atoms with E-state index in [-0.39, 0.29) is 6.54 Å². The van der Waals surface area contributed by atoms with Crippen LogP contribution in [0.25, 0.3) is 0 Å². The minimum Gasteiger partial charge on any atom is -0.392 e. The normalized spacial score (nSPS) is 13.1. The summed E-state index contributed by atoms with van der Waals surface area (Å²) in [4.78, 5) is 15.5. The summed E-state index contributed by atoms with van der Waals surface area (Å²) in [7, 11) is 1.66. The van der Waals surface area contributed by atoms with Gasteiger partial charge in [-0.15, -0.1) is 0 Å². The van der Waals surface area contributed by atoms with Crippen LogP contribution in [0.3, 0.4) is 0 Å². The first-order chi connectivity index (χ1) is 5.60. The number of hydrogen-bond donors (Lipinski definition) is 2. The molecule has 1 atom stereocenters. The van der Waals surface area contributed by atoms with Crippen LogP contribution >= 0.6 is 0 Å². The molecule has 72 valence electrons. The first-order valence-corrected chi connectivity index (χ1v) is 3.81. The Morgan fingerprint density at radius 2 is 2.25 bits per heavy atom. The van der Waals surface area contributed by atoms with E-state index in [0.29, 0.717) is 13.0 Å². The number of nitrogens with zero attached hydrogens (tertiary/aromatic N) is 1. The highest BCUT2D eigenvalue weighted by atomic mass is 17.1. The van der Waals surface area contributed by atoms with Gasteiger partial charge in [0.25, 0.3) is 0 Å². The van der Waals surface area contributed by atoms with Crippen LogP contribution in [0.2, 0.25) is 0 Å². The Morgan fingerprint density at radius 3 is 2.67 bits per heavy atom. The number of hydrogen-bond acceptors (Lipinski definition) is 5. The molecular formula is C7H15NO4. The van der Waals surface area contributed by atoms with Crippen LogP contribution in [0.5, 0.6) is 0 Å². The number of carbonyl (C=O) groups excluding carboxylic acids is 1. The maximum atomic E-state index is 10.5. The quantitative estimate of drug-likeness (QED) is 0.446. The lowest BCUT2D eigenvalue weighted by molar-refractivity contribution is -0.235. The lowest BCUT2D eigenvalue weighted by Crippen LogP contribution is -2.33. The van der Waals surface area contributed by atoms with E-state index >= 15 is 0 Å². The molecule has 0 aromatic rings. The Hall–Kier alpha value is -0.650. The van der Waals surface area contributed by atoms with Gasteiger partial charge in [0.05, 0.1) is 6.10 Å². The van der Waals surface area contributed by atoms with Gasteiger partial charge >= 0.3 is 5.97 Å². The van der Waals surface area contributed by atoms with E-state index in [4.69, 9.17) is 10.4 Å². The molecule has 2 N–H and O–H groups in total. The van der Waals surface area contributed by atoms with Gasteiger partial charge in [0.15, 0.2) is 0 Å². The van der Waals surface area contributed by atoms with Crippen molar-refractivity contribution in [1.82, 2.24) is 4.90 Å². The molecule has 0 saturated heterocycles. The van der Waals surface area contributed by atoms with E-state index in [1.807, 2.05) is 6.92 Å². The van der Waals surface area contributed by atoms with Crippen molar-refractivity contribution in [2.75, 3.05) is 20.1 Å². The van der Waals surface area contributed by atoms with Gasteiger partial charge in [0.1, 0.15) is 6.54 Å². The zero-order valence-electron chi connectivity index (χ0n) is 7.36. The number of likely N-dealkylation sites (N-methyl/N-ethyl adjacent to an activating group) is 1. The average Bonchev–Trinajstić information content (AvgIpc) is 2.03. The molecule has 0 bridgehead atoms. The predicted octanol–water partition coefficient (Wildman–Crippen LogP) is -0.295. The molecule has 0 spiro atoms. The highest BCUT2D eigenvalue weighted by Crippen LogP contribution is 1.93. The molecule has 0 aliphatic heterocycles. The largest absolute Gasteiger partial charge is 0.392 e. The molecule has 0 aliphatic rings. The smallest absolute Gasteiger partial charge is 0.355 e. The Labute approximate surface area is 71.5 Å². The van der Waals surface area contributed by atoms with Gasteiger partial charge in [-0.1, -0.05) is 6.92 Å². The summed E-state index contributed by atoms with van der Waals surface area (Å²) in [5, 5.41) is 17.1. The van der Waals surface area contributed by atoms with Crippen LogP contribution < -0.4 is 0 Å². The van der Waals surface area contributed by atoms with Gasteiger partial charge in [0.2, 0.25) is 0 Å². The number of aliphatic hydroxyl groups is 1. The van der Waals surface area contributed by atoms with Crippen molar-refractivity contribution >= 4 is 5.97 Å². The summed E-state index contributed by atoms with van der Waals surface area (Å²) in [6.45, 7) is 2.22. The lowest BCUT2D eigenvalue weighted by Gasteiger charge is -2.17. The Balaban J connectivity index is 3.58. The third kappa shape index (κ3) is 5.06. The lowest BCUT2D eigenvalue weighted by atomic mass is 10.2. The van der Waals surface area contributed by atoms with Crippen LogP contribution in [-0.2, 0) is 9.68 Å². The molecule has 0 aliphatic carbocycles. The van der Waals surface area contributed by atoms with Crippen molar-refractivity contribution in [1.29, 1.82) is 0 Å². The molecule has 0 saturated carbocycles. The van der Waals surface area contributed by atoms with Crippen LogP contribution in [0.4, 0.5) is 0 Å². The maximum Gasteiger partial charge on any atom is 0.355 e. The molecule has 0 rings (SSSR count). The fraction of sp³-hybridized carbons (Fsp3) is 0.857. The van der Waals surface area contributed by atoms with Crippen LogP contribution in [0.1, 0.15) is 13.3 Å². The van der Waals surface area contributed by atoms with E-state index in [2.05, 4.69) is 4.89 Å². The second-order valence-corrected chi connectivity index (χ2v) is 2.72. The van der Waals surface area contributed by atoms with E-state index in [1.54, 1.807) is 11.9 Å². The molecule has 5 nitrogen and oxygen atoms in total. The van der Waals surface area contributed by atoms with E-state index in [9.17, 15) is 4.79 Å². The molecule has 0 aromatic heterocycles. The third-order valence-electron chi connectivity index (χ3n) is 1.49. The average molecular weight is 177 g/mol. The van der Waals surface area contributed by atoms with E-state index < -0.39 is 12.1 Å². The summed E-state index contributed by atoms with van der Waals surface area (Å²) >= 11 is 0. The number of carbonyl (C=O) groups is 1. The number of aliphatic hydroxyl groups excluding tert-OH is 1. The van der Waals surface area contributed by atoms with Crippen molar-refractivity contribution in [2.24, 2.45) is 0 Å². The molecule has 0 aromatic carbocycles. The summed E-state index contributed by atoms with van der Waals surface area (Å²) in [5.74, 6) is -0.721. The van der Waals surface area contributed by atoms with E-state index in [1.165, 1.54) is 0 Å². The van der Waals surface area contributed by atoms with Crippen molar-refractivity contribution in [3.8, 4) is 0 Å². The SMILES string of the molecule is CCC(O)CN(C)CC(=O)OO. The standard InChI is InChI=1S/C7H15NO4/c1-3-6(9)4-8(2)5-7(10)12-11/h6,9,11H,3-5H2,1-2H3. The molecule has 0 radical (unpaired) electrons. The summed E-state index contributed by atoms with van der Waals surface area (Å²) in [6.07, 6.45) is 0.194. The Kier molecular flexibility index (Phi) is 5.61. The van der Waals surface area contributed by atoms with Crippen molar-refractivity contribution in [3.63, 3.8) is 0 Å². The first-order valence-electron chi connectivity index (χ1n) is 3.81. The second-order valence-electron chi connectivity index (χ2n) is 2.72. The van der Waals surface area contributed by atoms with Gasteiger partial charge in [-0.25, -0.2) is 4.79 Å². The minimum absolute atomic E-state index is 0.0203. The second kappa shape index (κ2) is 5.93. The fourth-order valence-electron chi connectivity index (χ4n) is 0.803. The molecule has 5 heteroatoms. The van der Waals surface area contributed by atoms with Gasteiger partial charge in [-0.2, -0.15) is 5.26 Å². The molecule has 1 unspecified atom stereocenters. The van der Waals surface area contributed by atoms with Crippen molar-refractivity contribution in [3.05, 3.63) is 0 Å². The van der Waals surface area contributed by atoms with Crippen molar-refractivity contribution in [2.45, 2.75) is 19.4 Å². The maximum absolute atomic E-state index is 10.5. The minimum atomic E-state index is -0.721. The monoisotopic (exact) mass is 177 g/mol. The van der Waals surface area contributed by atoms with E-state index in [0.717, 1.165) is 0 Å². The van der Waals surface area contributed by atoms with Crippen molar-refractivity contribution < 1.29 is 20.0 Å². The number of rotatable bonds is 5.